The van der Waals surface area contributed by atoms with Crippen LogP contribution in [-0.4, -0.2) is 7.11 Å². The number of hydrogen-bond acceptors (Lipinski definition) is 3. The van der Waals surface area contributed by atoms with Crippen molar-refractivity contribution in [1.29, 1.82) is 0 Å². The second-order valence-corrected chi connectivity index (χ2v) is 5.11. The topological polar surface area (TPSA) is 34.4 Å². The highest BCUT2D eigenvalue weighted by molar-refractivity contribution is 6.30. The van der Waals surface area contributed by atoms with E-state index in [2.05, 4.69) is 5.32 Å². The van der Waals surface area contributed by atoms with Gasteiger partial charge in [-0.25, -0.2) is 0 Å². The number of benzene rings is 2. The van der Waals surface area contributed by atoms with Crippen LogP contribution in [0.1, 0.15) is 11.1 Å². The molecular weight excluding hydrogens is 286 g/mol. The van der Waals surface area contributed by atoms with E-state index in [4.69, 9.17) is 20.8 Å². The lowest BCUT2D eigenvalue weighted by molar-refractivity contribution is 0.407. The summed E-state index contributed by atoms with van der Waals surface area (Å²) in [4.78, 5) is 0. The van der Waals surface area contributed by atoms with Crippen LogP contribution in [0.5, 0.6) is 5.75 Å². The number of ether oxygens (including phenoxy) is 1. The third-order valence-electron chi connectivity index (χ3n) is 3.46. The lowest BCUT2D eigenvalue weighted by Gasteiger charge is -2.09. The molecule has 1 N–H and O–H groups in total. The SMILES string of the molecule is COc1ccccc1CNCc1c(Cl)oc2ccccc12. The molecule has 0 saturated heterocycles. The highest BCUT2D eigenvalue weighted by Crippen LogP contribution is 2.29. The van der Waals surface area contributed by atoms with E-state index in [9.17, 15) is 0 Å². The first-order chi connectivity index (χ1) is 10.3. The number of nitrogens with one attached hydrogen (secondary N) is 1. The number of rotatable bonds is 5. The Hall–Kier alpha value is -1.97. The van der Waals surface area contributed by atoms with Crippen LogP contribution in [0.2, 0.25) is 5.22 Å². The highest BCUT2D eigenvalue weighted by Gasteiger charge is 2.11. The molecule has 0 saturated carbocycles. The van der Waals surface area contributed by atoms with Crippen molar-refractivity contribution in [2.45, 2.75) is 13.1 Å². The van der Waals surface area contributed by atoms with Gasteiger partial charge in [0.25, 0.3) is 0 Å². The maximum Gasteiger partial charge on any atom is 0.199 e. The van der Waals surface area contributed by atoms with Crippen molar-refractivity contribution in [3.8, 4) is 5.75 Å². The van der Waals surface area contributed by atoms with Crippen molar-refractivity contribution in [2.75, 3.05) is 7.11 Å². The fourth-order valence-electron chi connectivity index (χ4n) is 2.40. The summed E-state index contributed by atoms with van der Waals surface area (Å²) in [6.07, 6.45) is 0. The van der Waals surface area contributed by atoms with Gasteiger partial charge in [-0.3, -0.25) is 0 Å². The van der Waals surface area contributed by atoms with Gasteiger partial charge in [-0.2, -0.15) is 0 Å². The minimum absolute atomic E-state index is 0.448. The van der Waals surface area contributed by atoms with E-state index in [1.54, 1.807) is 7.11 Å². The summed E-state index contributed by atoms with van der Waals surface area (Å²) in [7, 11) is 1.68. The van der Waals surface area contributed by atoms with Gasteiger partial charge in [-0.05, 0) is 23.7 Å². The summed E-state index contributed by atoms with van der Waals surface area (Å²) in [6.45, 7) is 1.35. The van der Waals surface area contributed by atoms with E-state index in [0.717, 1.165) is 27.8 Å². The van der Waals surface area contributed by atoms with Gasteiger partial charge in [-0.15, -0.1) is 0 Å². The van der Waals surface area contributed by atoms with Crippen molar-refractivity contribution in [3.63, 3.8) is 0 Å². The molecule has 21 heavy (non-hydrogen) atoms. The van der Waals surface area contributed by atoms with Crippen LogP contribution >= 0.6 is 11.6 Å². The Morgan fingerprint density at radius 2 is 1.81 bits per heavy atom. The van der Waals surface area contributed by atoms with Crippen molar-refractivity contribution in [1.82, 2.24) is 5.32 Å². The lowest BCUT2D eigenvalue weighted by Crippen LogP contribution is -2.13. The average Bonchev–Trinajstić information content (AvgIpc) is 2.84. The Morgan fingerprint density at radius 1 is 1.05 bits per heavy atom. The third kappa shape index (κ3) is 2.89. The summed E-state index contributed by atoms with van der Waals surface area (Å²) in [5.74, 6) is 0.883. The molecule has 108 valence electrons. The Labute approximate surface area is 128 Å². The molecule has 2 aromatic carbocycles. The Bertz CT molecular complexity index is 751. The van der Waals surface area contributed by atoms with Gasteiger partial charge in [0.1, 0.15) is 11.3 Å². The maximum atomic E-state index is 6.18. The van der Waals surface area contributed by atoms with Crippen LogP contribution in [0.15, 0.2) is 52.9 Å². The molecule has 1 heterocycles. The highest BCUT2D eigenvalue weighted by atomic mass is 35.5. The standard InChI is InChI=1S/C17H16ClNO2/c1-20-15-8-4-2-6-12(15)10-19-11-14-13-7-3-5-9-16(13)21-17(14)18/h2-9,19H,10-11H2,1H3. The first-order valence-electron chi connectivity index (χ1n) is 6.78. The summed E-state index contributed by atoms with van der Waals surface area (Å²) >= 11 is 6.18. The number of hydrogen-bond donors (Lipinski definition) is 1. The first kappa shape index (κ1) is 14.0. The predicted octanol–water partition coefficient (Wildman–Crippen LogP) is 4.38. The Kier molecular flexibility index (Phi) is 4.13. The van der Waals surface area contributed by atoms with E-state index in [1.165, 1.54) is 0 Å². The molecule has 0 unspecified atom stereocenters. The molecule has 1 aromatic heterocycles. The number of methoxy groups -OCH3 is 1. The van der Waals surface area contributed by atoms with E-state index in [1.807, 2.05) is 48.5 Å². The Morgan fingerprint density at radius 3 is 2.67 bits per heavy atom. The molecule has 0 radical (unpaired) electrons. The summed E-state index contributed by atoms with van der Waals surface area (Å²) < 4.78 is 10.9. The maximum absolute atomic E-state index is 6.18. The van der Waals surface area contributed by atoms with Crippen molar-refractivity contribution < 1.29 is 9.15 Å². The van der Waals surface area contributed by atoms with Gasteiger partial charge in [0.05, 0.1) is 7.11 Å². The van der Waals surface area contributed by atoms with Crippen LogP contribution in [0.3, 0.4) is 0 Å². The average molecular weight is 302 g/mol. The zero-order chi connectivity index (χ0) is 14.7. The lowest BCUT2D eigenvalue weighted by atomic mass is 10.1. The van der Waals surface area contributed by atoms with E-state index >= 15 is 0 Å². The Balaban J connectivity index is 1.74. The van der Waals surface area contributed by atoms with Crippen LogP contribution in [-0.2, 0) is 13.1 Å². The molecule has 3 aromatic rings. The molecule has 0 aliphatic heterocycles. The predicted molar refractivity (Wildman–Crippen MR) is 84.8 cm³/mol. The van der Waals surface area contributed by atoms with E-state index in [-0.39, 0.29) is 0 Å². The molecule has 0 aliphatic rings. The minimum Gasteiger partial charge on any atom is -0.496 e. The molecule has 0 spiro atoms. The molecular formula is C17H16ClNO2. The molecule has 3 nitrogen and oxygen atoms in total. The number of halogens is 1. The zero-order valence-electron chi connectivity index (χ0n) is 11.7. The van der Waals surface area contributed by atoms with Gasteiger partial charge in [0.2, 0.25) is 0 Å². The second kappa shape index (κ2) is 6.20. The van der Waals surface area contributed by atoms with E-state index < -0.39 is 0 Å². The van der Waals surface area contributed by atoms with Crippen molar-refractivity contribution in [2.24, 2.45) is 0 Å². The largest absolute Gasteiger partial charge is 0.496 e. The fraction of sp³-hybridized carbons (Fsp3) is 0.176. The summed E-state index contributed by atoms with van der Waals surface area (Å²) in [5.41, 5.74) is 2.92. The fourth-order valence-corrected chi connectivity index (χ4v) is 2.66. The van der Waals surface area contributed by atoms with Gasteiger partial charge < -0.3 is 14.5 Å². The molecule has 4 heteroatoms. The quantitative estimate of drug-likeness (QED) is 0.759. The zero-order valence-corrected chi connectivity index (χ0v) is 12.5. The number of furan rings is 1. The molecule has 0 atom stereocenters. The van der Waals surface area contributed by atoms with Crippen LogP contribution in [0.25, 0.3) is 11.0 Å². The van der Waals surface area contributed by atoms with Gasteiger partial charge in [0, 0.05) is 29.6 Å². The summed E-state index contributed by atoms with van der Waals surface area (Å²) in [6, 6.07) is 15.8. The normalized spacial score (nSPS) is 11.0. The number of para-hydroxylation sites is 2. The van der Waals surface area contributed by atoms with Crippen LogP contribution < -0.4 is 10.1 Å². The first-order valence-corrected chi connectivity index (χ1v) is 7.16. The molecule has 0 fully saturated rings. The molecule has 0 bridgehead atoms. The third-order valence-corrected chi connectivity index (χ3v) is 3.76. The van der Waals surface area contributed by atoms with Gasteiger partial charge >= 0.3 is 0 Å². The molecule has 0 aliphatic carbocycles. The van der Waals surface area contributed by atoms with Crippen molar-refractivity contribution in [3.05, 3.63) is 64.9 Å². The molecule has 3 rings (SSSR count). The smallest absolute Gasteiger partial charge is 0.199 e. The molecule has 0 amide bonds. The van der Waals surface area contributed by atoms with Gasteiger partial charge in [-0.1, -0.05) is 36.4 Å². The van der Waals surface area contributed by atoms with Gasteiger partial charge in [0.15, 0.2) is 5.22 Å². The summed E-state index contributed by atoms with van der Waals surface area (Å²) in [5, 5.41) is 4.89. The minimum atomic E-state index is 0.448. The van der Waals surface area contributed by atoms with Crippen LogP contribution in [0.4, 0.5) is 0 Å². The van der Waals surface area contributed by atoms with Crippen LogP contribution in [0, 0.1) is 0 Å². The van der Waals surface area contributed by atoms with Crippen molar-refractivity contribution >= 4 is 22.6 Å². The van der Waals surface area contributed by atoms with E-state index in [0.29, 0.717) is 18.3 Å². The number of fused-ring (bicyclic) bond motifs is 1. The second-order valence-electron chi connectivity index (χ2n) is 4.77. The monoisotopic (exact) mass is 301 g/mol.